The first-order valence-electron chi connectivity index (χ1n) is 10.8. The number of amides is 2. The first-order chi connectivity index (χ1) is 14.5. The Morgan fingerprint density at radius 1 is 1.10 bits per heavy atom. The van der Waals surface area contributed by atoms with Gasteiger partial charge in [-0.1, -0.05) is 49.4 Å². The predicted octanol–water partition coefficient (Wildman–Crippen LogP) is 4.45. The van der Waals surface area contributed by atoms with E-state index in [1.54, 1.807) is 7.11 Å². The Morgan fingerprint density at radius 3 is 2.40 bits per heavy atom. The molecule has 0 bridgehead atoms. The van der Waals surface area contributed by atoms with Crippen molar-refractivity contribution in [1.82, 2.24) is 10.2 Å². The lowest BCUT2D eigenvalue weighted by Gasteiger charge is -2.33. The van der Waals surface area contributed by atoms with Crippen LogP contribution in [0, 0.1) is 0 Å². The van der Waals surface area contributed by atoms with E-state index in [0.717, 1.165) is 37.1 Å². The standard InChI is InChI=1S/C25H32N2O3/c1-4-22(19-9-6-5-7-10-19)24-11-8-16-27(24)25(29)17-23(26-18(2)28)20-12-14-21(30-3)15-13-20/h5-7,9-10,12-15,22-24H,4,8,11,16-17H2,1-3H3,(H,26,28)/t22-,23-,24-/m1/s1. The normalized spacial score (nSPS) is 18.0. The summed E-state index contributed by atoms with van der Waals surface area (Å²) >= 11 is 0. The molecule has 160 valence electrons. The van der Waals surface area contributed by atoms with Crippen molar-refractivity contribution in [2.75, 3.05) is 13.7 Å². The Kier molecular flexibility index (Phi) is 7.50. The van der Waals surface area contributed by atoms with Crippen LogP contribution in [0.1, 0.15) is 62.6 Å². The number of nitrogens with zero attached hydrogens (tertiary/aromatic N) is 1. The topological polar surface area (TPSA) is 58.6 Å². The molecule has 1 aliphatic rings. The lowest BCUT2D eigenvalue weighted by Crippen LogP contribution is -2.41. The van der Waals surface area contributed by atoms with Gasteiger partial charge in [0.1, 0.15) is 5.75 Å². The molecule has 1 aliphatic heterocycles. The highest BCUT2D eigenvalue weighted by molar-refractivity contribution is 5.80. The zero-order chi connectivity index (χ0) is 21.5. The molecule has 1 fully saturated rings. The van der Waals surface area contributed by atoms with Crippen LogP contribution in [0.15, 0.2) is 54.6 Å². The predicted molar refractivity (Wildman–Crippen MR) is 118 cm³/mol. The molecule has 5 heteroatoms. The molecule has 0 unspecified atom stereocenters. The van der Waals surface area contributed by atoms with Gasteiger partial charge < -0.3 is 15.0 Å². The third-order valence-electron chi connectivity index (χ3n) is 6.03. The summed E-state index contributed by atoms with van der Waals surface area (Å²) in [6.45, 7) is 4.46. The Morgan fingerprint density at radius 2 is 1.80 bits per heavy atom. The Bertz CT molecular complexity index is 835. The number of nitrogens with one attached hydrogen (secondary N) is 1. The van der Waals surface area contributed by atoms with Crippen molar-refractivity contribution in [3.8, 4) is 5.75 Å². The number of carbonyl (C=O) groups is 2. The first-order valence-corrected chi connectivity index (χ1v) is 10.8. The van der Waals surface area contributed by atoms with Gasteiger partial charge in [-0.25, -0.2) is 0 Å². The molecular weight excluding hydrogens is 376 g/mol. The van der Waals surface area contributed by atoms with E-state index in [4.69, 9.17) is 4.74 Å². The van der Waals surface area contributed by atoms with Crippen LogP contribution < -0.4 is 10.1 Å². The quantitative estimate of drug-likeness (QED) is 0.702. The molecule has 5 nitrogen and oxygen atoms in total. The highest BCUT2D eigenvalue weighted by Gasteiger charge is 2.35. The van der Waals surface area contributed by atoms with Crippen molar-refractivity contribution < 1.29 is 14.3 Å². The summed E-state index contributed by atoms with van der Waals surface area (Å²) in [6, 6.07) is 17.9. The molecule has 2 aromatic rings. The molecule has 1 N–H and O–H groups in total. The second-order valence-electron chi connectivity index (χ2n) is 7.95. The Balaban J connectivity index is 1.77. The lowest BCUT2D eigenvalue weighted by atomic mass is 9.87. The van der Waals surface area contributed by atoms with Gasteiger partial charge in [0, 0.05) is 25.4 Å². The number of hydrogen-bond donors (Lipinski definition) is 1. The number of likely N-dealkylation sites (tertiary alicyclic amines) is 1. The molecule has 0 spiro atoms. The summed E-state index contributed by atoms with van der Waals surface area (Å²) in [5.74, 6) is 1.04. The summed E-state index contributed by atoms with van der Waals surface area (Å²) in [5, 5.41) is 2.95. The van der Waals surface area contributed by atoms with Crippen molar-refractivity contribution >= 4 is 11.8 Å². The van der Waals surface area contributed by atoms with E-state index in [1.165, 1.54) is 12.5 Å². The molecule has 1 heterocycles. The molecule has 3 atom stereocenters. The van der Waals surface area contributed by atoms with Gasteiger partial charge in [-0.2, -0.15) is 0 Å². The van der Waals surface area contributed by atoms with Gasteiger partial charge in [-0.15, -0.1) is 0 Å². The van der Waals surface area contributed by atoms with Crippen molar-refractivity contribution in [1.29, 1.82) is 0 Å². The highest BCUT2D eigenvalue weighted by atomic mass is 16.5. The maximum absolute atomic E-state index is 13.3. The second-order valence-corrected chi connectivity index (χ2v) is 7.95. The van der Waals surface area contributed by atoms with Gasteiger partial charge in [0.25, 0.3) is 0 Å². The first kappa shape index (κ1) is 21.9. The van der Waals surface area contributed by atoms with E-state index < -0.39 is 0 Å². The molecule has 30 heavy (non-hydrogen) atoms. The van der Waals surface area contributed by atoms with E-state index in [1.807, 2.05) is 35.2 Å². The maximum Gasteiger partial charge on any atom is 0.225 e. The smallest absolute Gasteiger partial charge is 0.225 e. The van der Waals surface area contributed by atoms with Gasteiger partial charge in [-0.3, -0.25) is 9.59 Å². The molecule has 0 aromatic heterocycles. The molecule has 0 saturated carbocycles. The van der Waals surface area contributed by atoms with Gasteiger partial charge in [0.2, 0.25) is 11.8 Å². The summed E-state index contributed by atoms with van der Waals surface area (Å²) in [4.78, 5) is 27.2. The van der Waals surface area contributed by atoms with Gasteiger partial charge in [0.15, 0.2) is 0 Å². The zero-order valence-corrected chi connectivity index (χ0v) is 18.1. The molecular formula is C25H32N2O3. The monoisotopic (exact) mass is 408 g/mol. The summed E-state index contributed by atoms with van der Waals surface area (Å²) in [5.41, 5.74) is 2.20. The van der Waals surface area contributed by atoms with E-state index in [0.29, 0.717) is 5.92 Å². The number of ether oxygens (including phenoxy) is 1. The van der Waals surface area contributed by atoms with Crippen LogP contribution >= 0.6 is 0 Å². The van der Waals surface area contributed by atoms with Crippen LogP contribution in [0.25, 0.3) is 0 Å². The van der Waals surface area contributed by atoms with Crippen LogP contribution in [-0.2, 0) is 9.59 Å². The second kappa shape index (κ2) is 10.3. The van der Waals surface area contributed by atoms with Crippen LogP contribution in [0.3, 0.4) is 0 Å². The van der Waals surface area contributed by atoms with Gasteiger partial charge >= 0.3 is 0 Å². The average Bonchev–Trinajstić information content (AvgIpc) is 3.24. The van der Waals surface area contributed by atoms with E-state index >= 15 is 0 Å². The van der Waals surface area contributed by atoms with Crippen LogP contribution in [0.4, 0.5) is 0 Å². The van der Waals surface area contributed by atoms with Gasteiger partial charge in [0.05, 0.1) is 19.6 Å². The minimum atomic E-state index is -0.348. The molecule has 0 aliphatic carbocycles. The molecule has 3 rings (SSSR count). The fraction of sp³-hybridized carbons (Fsp3) is 0.440. The van der Waals surface area contributed by atoms with Crippen molar-refractivity contribution in [3.05, 3.63) is 65.7 Å². The fourth-order valence-electron chi connectivity index (χ4n) is 4.58. The van der Waals surface area contributed by atoms with E-state index in [2.05, 4.69) is 36.5 Å². The summed E-state index contributed by atoms with van der Waals surface area (Å²) in [7, 11) is 1.62. The minimum Gasteiger partial charge on any atom is -0.497 e. The number of carbonyl (C=O) groups excluding carboxylic acids is 2. The summed E-state index contributed by atoms with van der Waals surface area (Å²) < 4.78 is 5.22. The van der Waals surface area contributed by atoms with Crippen molar-refractivity contribution in [2.45, 2.75) is 57.5 Å². The SMILES string of the molecule is CC[C@H](c1ccccc1)[C@H]1CCCN1C(=O)C[C@@H](NC(C)=O)c1ccc(OC)cc1. The number of rotatable bonds is 8. The van der Waals surface area contributed by atoms with E-state index in [9.17, 15) is 9.59 Å². The average molecular weight is 409 g/mol. The number of methoxy groups -OCH3 is 1. The molecule has 2 aromatic carbocycles. The zero-order valence-electron chi connectivity index (χ0n) is 18.1. The largest absolute Gasteiger partial charge is 0.497 e. The summed E-state index contributed by atoms with van der Waals surface area (Å²) in [6.07, 6.45) is 3.29. The van der Waals surface area contributed by atoms with Crippen molar-refractivity contribution in [2.24, 2.45) is 0 Å². The Labute approximate surface area is 179 Å². The lowest BCUT2D eigenvalue weighted by molar-refractivity contribution is -0.133. The molecule has 0 radical (unpaired) electrons. The number of hydrogen-bond acceptors (Lipinski definition) is 3. The third-order valence-corrected chi connectivity index (χ3v) is 6.03. The Hall–Kier alpha value is -2.82. The minimum absolute atomic E-state index is 0.0986. The van der Waals surface area contributed by atoms with Crippen LogP contribution in [0.5, 0.6) is 5.75 Å². The van der Waals surface area contributed by atoms with Crippen molar-refractivity contribution in [3.63, 3.8) is 0 Å². The molecule has 1 saturated heterocycles. The van der Waals surface area contributed by atoms with E-state index in [-0.39, 0.29) is 30.3 Å². The number of benzene rings is 2. The molecule has 2 amide bonds. The third kappa shape index (κ3) is 5.21. The van der Waals surface area contributed by atoms with Crippen LogP contribution in [0.2, 0.25) is 0 Å². The highest BCUT2D eigenvalue weighted by Crippen LogP contribution is 2.34. The van der Waals surface area contributed by atoms with Gasteiger partial charge in [-0.05, 0) is 42.5 Å². The fourth-order valence-corrected chi connectivity index (χ4v) is 4.58. The maximum atomic E-state index is 13.3. The van der Waals surface area contributed by atoms with Crippen LogP contribution in [-0.4, -0.2) is 36.4 Å².